The molecule has 4 nitrogen and oxygen atoms in total. The molecule has 1 heterocycles. The molecule has 0 aromatic carbocycles. The minimum Gasteiger partial charge on any atom is -0.464 e. The third-order valence-electron chi connectivity index (χ3n) is 1.07. The zero-order valence-electron chi connectivity index (χ0n) is 5.94. The maximum atomic E-state index is 10.8. The van der Waals surface area contributed by atoms with E-state index in [1.165, 1.54) is 19.5 Å². The summed E-state index contributed by atoms with van der Waals surface area (Å²) in [6.07, 6.45) is 2.56. The molecule has 1 aromatic rings. The molecule has 0 saturated carbocycles. The normalized spacial score (nSPS) is 9.18. The molecular formula is C6H5BN2O2. The van der Waals surface area contributed by atoms with Gasteiger partial charge >= 0.3 is 5.97 Å². The number of rotatable bonds is 1. The average Bonchev–Trinajstić information content (AvgIpc) is 2.05. The minimum atomic E-state index is -0.516. The Labute approximate surface area is 65.0 Å². The maximum absolute atomic E-state index is 10.8. The second-order valence-electron chi connectivity index (χ2n) is 1.82. The van der Waals surface area contributed by atoms with Crippen LogP contribution in [0.3, 0.4) is 0 Å². The van der Waals surface area contributed by atoms with Crippen molar-refractivity contribution < 1.29 is 9.53 Å². The monoisotopic (exact) mass is 148 g/mol. The number of aromatic nitrogens is 2. The summed E-state index contributed by atoms with van der Waals surface area (Å²) < 4.78 is 4.39. The summed E-state index contributed by atoms with van der Waals surface area (Å²) in [5, 5.41) is 0. The van der Waals surface area contributed by atoms with Crippen LogP contribution in [0.2, 0.25) is 0 Å². The zero-order valence-corrected chi connectivity index (χ0v) is 5.94. The lowest BCUT2D eigenvalue weighted by atomic mass is 10.1. The van der Waals surface area contributed by atoms with Gasteiger partial charge in [0.2, 0.25) is 0 Å². The summed E-state index contributed by atoms with van der Waals surface area (Å²) in [6.45, 7) is 0. The molecule has 1 rings (SSSR count). The molecule has 0 aliphatic heterocycles. The molecule has 0 unspecified atom stereocenters. The predicted molar refractivity (Wildman–Crippen MR) is 38.8 cm³/mol. The summed E-state index contributed by atoms with van der Waals surface area (Å²) in [7, 11) is 6.52. The maximum Gasteiger partial charge on any atom is 0.358 e. The van der Waals surface area contributed by atoms with Crippen LogP contribution in [0.5, 0.6) is 0 Å². The molecule has 0 bridgehead atoms. The summed E-state index contributed by atoms with van der Waals surface area (Å²) in [6, 6.07) is 0. The second kappa shape index (κ2) is 3.14. The summed E-state index contributed by atoms with van der Waals surface area (Å²) in [5.41, 5.74) is 0.430. The van der Waals surface area contributed by atoms with Gasteiger partial charge in [0.25, 0.3) is 0 Å². The molecular weight excluding hydrogens is 143 g/mol. The van der Waals surface area contributed by atoms with Gasteiger partial charge < -0.3 is 4.74 Å². The zero-order chi connectivity index (χ0) is 8.27. The van der Waals surface area contributed by atoms with Crippen molar-refractivity contribution in [1.82, 2.24) is 9.97 Å². The lowest BCUT2D eigenvalue weighted by molar-refractivity contribution is 0.0593. The van der Waals surface area contributed by atoms with Gasteiger partial charge in [-0.3, -0.25) is 4.98 Å². The topological polar surface area (TPSA) is 52.1 Å². The van der Waals surface area contributed by atoms with E-state index in [-0.39, 0.29) is 11.3 Å². The van der Waals surface area contributed by atoms with Crippen LogP contribution in [0, 0.1) is 0 Å². The summed E-state index contributed by atoms with van der Waals surface area (Å²) >= 11 is 0. The van der Waals surface area contributed by atoms with Crippen molar-refractivity contribution in [2.75, 3.05) is 7.11 Å². The number of hydrogen-bond acceptors (Lipinski definition) is 4. The van der Waals surface area contributed by atoms with Crippen molar-refractivity contribution >= 4 is 19.4 Å². The molecule has 1 aromatic heterocycles. The largest absolute Gasteiger partial charge is 0.464 e. The number of carbonyl (C=O) groups is 1. The second-order valence-corrected chi connectivity index (χ2v) is 1.82. The quantitative estimate of drug-likeness (QED) is 0.380. The van der Waals surface area contributed by atoms with Gasteiger partial charge in [0.1, 0.15) is 7.85 Å². The standard InChI is InChI=1S/C6H5BN2O2/c1-11-6(10)4-2-9-5(7)3-8-4/h2-3H,1H3. The number of nitrogens with zero attached hydrogens (tertiary/aromatic N) is 2. The lowest BCUT2D eigenvalue weighted by Crippen LogP contribution is -2.13. The number of carbonyl (C=O) groups excluding carboxylic acids is 1. The molecule has 0 saturated heterocycles. The first-order chi connectivity index (χ1) is 5.24. The van der Waals surface area contributed by atoms with Crippen molar-refractivity contribution in [2.24, 2.45) is 0 Å². The molecule has 2 radical (unpaired) electrons. The van der Waals surface area contributed by atoms with Gasteiger partial charge in [-0.05, 0) is 0 Å². The Morgan fingerprint density at radius 1 is 1.55 bits per heavy atom. The van der Waals surface area contributed by atoms with Crippen molar-refractivity contribution in [3.05, 3.63) is 18.1 Å². The number of ether oxygens (including phenoxy) is 1. The van der Waals surface area contributed by atoms with Crippen LogP contribution >= 0.6 is 0 Å². The molecule has 0 atom stereocenters. The molecule has 0 fully saturated rings. The fourth-order valence-electron chi connectivity index (χ4n) is 0.548. The van der Waals surface area contributed by atoms with E-state index in [4.69, 9.17) is 7.85 Å². The molecule has 11 heavy (non-hydrogen) atoms. The fourth-order valence-corrected chi connectivity index (χ4v) is 0.548. The van der Waals surface area contributed by atoms with Gasteiger partial charge in [-0.1, -0.05) is 0 Å². The van der Waals surface area contributed by atoms with E-state index in [1.807, 2.05) is 0 Å². The Morgan fingerprint density at radius 2 is 2.27 bits per heavy atom. The van der Waals surface area contributed by atoms with Gasteiger partial charge in [-0.2, -0.15) is 0 Å². The highest BCUT2D eigenvalue weighted by atomic mass is 16.5. The molecule has 0 spiro atoms. The van der Waals surface area contributed by atoms with Gasteiger partial charge in [0.15, 0.2) is 5.69 Å². The molecule has 54 valence electrons. The highest BCUT2D eigenvalue weighted by Crippen LogP contribution is 1.90. The van der Waals surface area contributed by atoms with Crippen molar-refractivity contribution in [2.45, 2.75) is 0 Å². The number of methoxy groups -OCH3 is 1. The third kappa shape index (κ3) is 1.76. The van der Waals surface area contributed by atoms with Crippen molar-refractivity contribution in [3.63, 3.8) is 0 Å². The van der Waals surface area contributed by atoms with Crippen molar-refractivity contribution in [1.29, 1.82) is 0 Å². The van der Waals surface area contributed by atoms with Crippen LogP contribution in [-0.2, 0) is 4.74 Å². The Balaban J connectivity index is 2.90. The molecule has 0 N–H and O–H groups in total. The van der Waals surface area contributed by atoms with E-state index < -0.39 is 5.97 Å². The fraction of sp³-hybridized carbons (Fsp3) is 0.167. The first-order valence-corrected chi connectivity index (χ1v) is 2.90. The Kier molecular flexibility index (Phi) is 2.20. The van der Waals surface area contributed by atoms with Gasteiger partial charge in [-0.25, -0.2) is 9.78 Å². The minimum absolute atomic E-state index is 0.154. The molecule has 0 aliphatic rings. The van der Waals surface area contributed by atoms with E-state index in [0.29, 0.717) is 0 Å². The van der Waals surface area contributed by atoms with Gasteiger partial charge in [-0.15, -0.1) is 0 Å². The molecule has 0 amide bonds. The summed E-state index contributed by atoms with van der Waals surface area (Å²) in [5.74, 6) is -0.516. The summed E-state index contributed by atoms with van der Waals surface area (Å²) in [4.78, 5) is 18.1. The van der Waals surface area contributed by atoms with Crippen LogP contribution in [0.4, 0.5) is 0 Å². The smallest absolute Gasteiger partial charge is 0.358 e. The average molecular weight is 148 g/mol. The molecule has 0 aliphatic carbocycles. The molecule has 5 heteroatoms. The van der Waals surface area contributed by atoms with E-state index in [2.05, 4.69) is 14.7 Å². The first kappa shape index (κ1) is 7.72. The Bertz CT molecular complexity index is 260. The van der Waals surface area contributed by atoms with Crippen LogP contribution in [-0.4, -0.2) is 30.9 Å². The third-order valence-corrected chi connectivity index (χ3v) is 1.07. The van der Waals surface area contributed by atoms with E-state index in [1.54, 1.807) is 0 Å². The van der Waals surface area contributed by atoms with E-state index >= 15 is 0 Å². The number of esters is 1. The van der Waals surface area contributed by atoms with E-state index in [9.17, 15) is 4.79 Å². The van der Waals surface area contributed by atoms with Gasteiger partial charge in [0, 0.05) is 11.8 Å². The highest BCUT2D eigenvalue weighted by Gasteiger charge is 2.05. The Hall–Kier alpha value is -1.39. The Morgan fingerprint density at radius 3 is 2.73 bits per heavy atom. The van der Waals surface area contributed by atoms with Crippen LogP contribution in [0.25, 0.3) is 0 Å². The lowest BCUT2D eigenvalue weighted by Gasteiger charge is -1.96. The van der Waals surface area contributed by atoms with Crippen molar-refractivity contribution in [3.8, 4) is 0 Å². The SMILES string of the molecule is [B]c1cnc(C(=O)OC)cn1. The highest BCUT2D eigenvalue weighted by molar-refractivity contribution is 6.30. The van der Waals surface area contributed by atoms with Crippen LogP contribution < -0.4 is 5.59 Å². The van der Waals surface area contributed by atoms with Gasteiger partial charge in [0.05, 0.1) is 13.3 Å². The van der Waals surface area contributed by atoms with Crippen LogP contribution in [0.1, 0.15) is 10.5 Å². The predicted octanol–water partition coefficient (Wildman–Crippen LogP) is -0.943. The van der Waals surface area contributed by atoms with E-state index in [0.717, 1.165) is 0 Å². The first-order valence-electron chi connectivity index (χ1n) is 2.90. The van der Waals surface area contributed by atoms with Crippen LogP contribution in [0.15, 0.2) is 12.4 Å². The number of hydrogen-bond donors (Lipinski definition) is 0.